The second kappa shape index (κ2) is 7.59. The Balaban J connectivity index is 1.86. The van der Waals surface area contributed by atoms with Crippen molar-refractivity contribution in [2.24, 2.45) is 0 Å². The van der Waals surface area contributed by atoms with Crippen molar-refractivity contribution in [3.05, 3.63) is 65.7 Å². The number of hydrogen-bond donors (Lipinski definition) is 2. The normalized spacial score (nSPS) is 16.2. The number of rotatable bonds is 6. The van der Waals surface area contributed by atoms with Crippen molar-refractivity contribution >= 4 is 27.0 Å². The van der Waals surface area contributed by atoms with Crippen LogP contribution >= 0.6 is 11.8 Å². The fourth-order valence-corrected chi connectivity index (χ4v) is 4.78. The van der Waals surface area contributed by atoms with Crippen molar-refractivity contribution in [3.63, 3.8) is 0 Å². The number of nitrogens with zero attached hydrogens (tertiary/aromatic N) is 1. The molecule has 5 nitrogen and oxygen atoms in total. The van der Waals surface area contributed by atoms with Crippen molar-refractivity contribution in [1.29, 1.82) is 5.41 Å². The van der Waals surface area contributed by atoms with Crippen LogP contribution in [0.15, 0.2) is 59.5 Å². The first-order chi connectivity index (χ1) is 12.0. The summed E-state index contributed by atoms with van der Waals surface area (Å²) in [6, 6.07) is 15.9. The van der Waals surface area contributed by atoms with E-state index in [1.165, 1.54) is 11.8 Å². The number of sulfonamides is 1. The second-order valence-corrected chi connectivity index (χ2v) is 8.79. The van der Waals surface area contributed by atoms with Crippen LogP contribution in [0.2, 0.25) is 0 Å². The van der Waals surface area contributed by atoms with Crippen molar-refractivity contribution in [2.45, 2.75) is 17.9 Å². The van der Waals surface area contributed by atoms with Gasteiger partial charge < -0.3 is 4.90 Å². The Morgan fingerprint density at radius 1 is 1.16 bits per heavy atom. The van der Waals surface area contributed by atoms with Crippen molar-refractivity contribution in [2.75, 3.05) is 18.8 Å². The summed E-state index contributed by atoms with van der Waals surface area (Å²) < 4.78 is 28.4. The van der Waals surface area contributed by atoms with E-state index >= 15 is 0 Å². The average molecular weight is 376 g/mol. The van der Waals surface area contributed by atoms with Gasteiger partial charge in [-0.2, -0.15) is 0 Å². The standard InChI is InChI=1S/C18H21N3O2S2/c1-14-7-9-16(10-8-14)25(22,23)20-17(15-5-3-2-4-6-15)13-21-11-12-24-18(21)19/h2-10,17,19-20H,11-13H2,1H3. The van der Waals surface area contributed by atoms with E-state index in [1.807, 2.05) is 42.2 Å². The third-order valence-electron chi connectivity index (χ3n) is 4.12. The van der Waals surface area contributed by atoms with Crippen molar-refractivity contribution in [1.82, 2.24) is 9.62 Å². The summed E-state index contributed by atoms with van der Waals surface area (Å²) in [5.41, 5.74) is 1.91. The molecule has 1 fully saturated rings. The molecule has 1 aliphatic heterocycles. The quantitative estimate of drug-likeness (QED) is 0.814. The molecule has 25 heavy (non-hydrogen) atoms. The molecule has 1 heterocycles. The van der Waals surface area contributed by atoms with Gasteiger partial charge in [-0.25, -0.2) is 13.1 Å². The summed E-state index contributed by atoms with van der Waals surface area (Å²) in [5, 5.41) is 8.49. The maximum Gasteiger partial charge on any atom is 0.241 e. The zero-order chi connectivity index (χ0) is 17.9. The minimum absolute atomic E-state index is 0.255. The van der Waals surface area contributed by atoms with E-state index in [-0.39, 0.29) is 4.90 Å². The molecular formula is C18H21N3O2S2. The van der Waals surface area contributed by atoms with Crippen LogP contribution in [0.4, 0.5) is 0 Å². The van der Waals surface area contributed by atoms with Gasteiger partial charge in [0.25, 0.3) is 0 Å². The van der Waals surface area contributed by atoms with E-state index < -0.39 is 16.1 Å². The summed E-state index contributed by atoms with van der Waals surface area (Å²) in [4.78, 5) is 2.17. The molecule has 0 aliphatic carbocycles. The number of nitrogens with one attached hydrogen (secondary N) is 2. The molecule has 0 amide bonds. The Labute approximate surface area is 153 Å². The Morgan fingerprint density at radius 2 is 1.84 bits per heavy atom. The predicted octanol–water partition coefficient (Wildman–Crippen LogP) is 3.00. The van der Waals surface area contributed by atoms with Gasteiger partial charge in [-0.1, -0.05) is 59.8 Å². The SMILES string of the molecule is Cc1ccc(S(=O)(=O)NC(CN2CCSC2=N)c2ccccc2)cc1. The van der Waals surface area contributed by atoms with E-state index in [0.29, 0.717) is 11.7 Å². The smallest absolute Gasteiger partial charge is 0.241 e. The number of thioether (sulfide) groups is 1. The molecule has 0 aromatic heterocycles. The predicted molar refractivity (Wildman–Crippen MR) is 102 cm³/mol. The van der Waals surface area contributed by atoms with Crippen LogP contribution in [0.5, 0.6) is 0 Å². The Morgan fingerprint density at radius 3 is 2.44 bits per heavy atom. The van der Waals surface area contributed by atoms with Crippen LogP contribution in [0.1, 0.15) is 17.2 Å². The van der Waals surface area contributed by atoms with Crippen LogP contribution in [0.25, 0.3) is 0 Å². The van der Waals surface area contributed by atoms with E-state index in [9.17, 15) is 8.42 Å². The van der Waals surface area contributed by atoms with E-state index in [2.05, 4.69) is 4.72 Å². The summed E-state index contributed by atoms with van der Waals surface area (Å²) in [7, 11) is -3.64. The van der Waals surface area contributed by atoms with Gasteiger partial charge in [0.2, 0.25) is 10.0 Å². The molecule has 3 rings (SSSR count). The molecule has 1 unspecified atom stereocenters. The molecule has 132 valence electrons. The first kappa shape index (κ1) is 18.0. The molecule has 2 aromatic rings. The fourth-order valence-electron chi connectivity index (χ4n) is 2.71. The highest BCUT2D eigenvalue weighted by Gasteiger charge is 2.26. The first-order valence-corrected chi connectivity index (χ1v) is 10.5. The summed E-state index contributed by atoms with van der Waals surface area (Å²) >= 11 is 1.49. The molecule has 7 heteroatoms. The van der Waals surface area contributed by atoms with Gasteiger partial charge in [0.15, 0.2) is 5.17 Å². The van der Waals surface area contributed by atoms with Crippen molar-refractivity contribution in [3.8, 4) is 0 Å². The molecule has 1 atom stereocenters. The van der Waals surface area contributed by atoms with E-state index in [0.717, 1.165) is 23.4 Å². The van der Waals surface area contributed by atoms with Crippen molar-refractivity contribution < 1.29 is 8.42 Å². The van der Waals surface area contributed by atoms with Crippen LogP contribution in [-0.2, 0) is 10.0 Å². The fraction of sp³-hybridized carbons (Fsp3) is 0.278. The number of benzene rings is 2. The van der Waals surface area contributed by atoms with Crippen LogP contribution < -0.4 is 4.72 Å². The monoisotopic (exact) mass is 375 g/mol. The lowest BCUT2D eigenvalue weighted by Gasteiger charge is -2.25. The zero-order valence-electron chi connectivity index (χ0n) is 14.0. The third kappa shape index (κ3) is 4.42. The molecule has 0 bridgehead atoms. The molecule has 1 saturated heterocycles. The molecule has 0 saturated carbocycles. The Kier molecular flexibility index (Phi) is 5.46. The zero-order valence-corrected chi connectivity index (χ0v) is 15.6. The number of amidine groups is 1. The van der Waals surface area contributed by atoms with Crippen LogP contribution in [0, 0.1) is 12.3 Å². The van der Waals surface area contributed by atoms with Crippen LogP contribution in [-0.4, -0.2) is 37.3 Å². The lowest BCUT2D eigenvalue weighted by Crippen LogP contribution is -2.38. The van der Waals surface area contributed by atoms with E-state index in [1.54, 1.807) is 24.3 Å². The summed E-state index contributed by atoms with van der Waals surface area (Å²) in [5.74, 6) is 0.866. The van der Waals surface area contributed by atoms with Gasteiger partial charge in [0, 0.05) is 18.8 Å². The summed E-state index contributed by atoms with van der Waals surface area (Å²) in [6.07, 6.45) is 0. The molecular weight excluding hydrogens is 354 g/mol. The minimum Gasteiger partial charge on any atom is -0.349 e. The van der Waals surface area contributed by atoms with Gasteiger partial charge in [-0.3, -0.25) is 5.41 Å². The van der Waals surface area contributed by atoms with Gasteiger partial charge in [0.05, 0.1) is 10.9 Å². The highest BCUT2D eigenvalue weighted by atomic mass is 32.2. The number of hydrogen-bond acceptors (Lipinski definition) is 4. The maximum absolute atomic E-state index is 12.8. The first-order valence-electron chi connectivity index (χ1n) is 8.06. The maximum atomic E-state index is 12.8. The Hall–Kier alpha value is -1.83. The highest BCUT2D eigenvalue weighted by molar-refractivity contribution is 8.14. The van der Waals surface area contributed by atoms with Gasteiger partial charge in [0.1, 0.15) is 0 Å². The van der Waals surface area contributed by atoms with Gasteiger partial charge in [-0.15, -0.1) is 0 Å². The summed E-state index contributed by atoms with van der Waals surface area (Å²) in [6.45, 7) is 3.13. The third-order valence-corrected chi connectivity index (χ3v) is 6.53. The lowest BCUT2D eigenvalue weighted by molar-refractivity contribution is 0.403. The molecule has 2 aromatic carbocycles. The second-order valence-electron chi connectivity index (χ2n) is 6.00. The van der Waals surface area contributed by atoms with Crippen LogP contribution in [0.3, 0.4) is 0 Å². The lowest BCUT2D eigenvalue weighted by atomic mass is 10.1. The highest BCUT2D eigenvalue weighted by Crippen LogP contribution is 2.23. The molecule has 0 radical (unpaired) electrons. The van der Waals surface area contributed by atoms with Gasteiger partial charge >= 0.3 is 0 Å². The number of aryl methyl sites for hydroxylation is 1. The largest absolute Gasteiger partial charge is 0.349 e. The Bertz CT molecular complexity index is 836. The minimum atomic E-state index is -3.64. The molecule has 0 spiro atoms. The molecule has 2 N–H and O–H groups in total. The van der Waals surface area contributed by atoms with Gasteiger partial charge in [-0.05, 0) is 24.6 Å². The van der Waals surface area contributed by atoms with E-state index in [4.69, 9.17) is 5.41 Å². The molecule has 1 aliphatic rings. The average Bonchev–Trinajstić information content (AvgIpc) is 3.00. The topological polar surface area (TPSA) is 73.3 Å².